The number of carbonyl (C=O) groups excluding carboxylic acids is 2. The third kappa shape index (κ3) is 3.77. The Kier molecular flexibility index (Phi) is 5.00. The number of carbonyl (C=O) groups is 2. The van der Waals surface area contributed by atoms with Crippen molar-refractivity contribution >= 4 is 27.5 Å². The Hall–Kier alpha value is -3.61. The van der Waals surface area contributed by atoms with Gasteiger partial charge in [0, 0.05) is 36.6 Å². The maximum Gasteiger partial charge on any atom is 0.286 e. The largest absolute Gasteiger partial charge is 0.332 e. The van der Waals surface area contributed by atoms with Crippen LogP contribution < -0.4 is 5.32 Å². The van der Waals surface area contributed by atoms with E-state index >= 15 is 0 Å². The van der Waals surface area contributed by atoms with Crippen molar-refractivity contribution in [2.24, 2.45) is 0 Å². The van der Waals surface area contributed by atoms with Gasteiger partial charge in [0.15, 0.2) is 0 Å². The van der Waals surface area contributed by atoms with Crippen LogP contribution in [0.2, 0.25) is 0 Å². The molecular formula is C20H18F2N6O4S. The third-order valence-electron chi connectivity index (χ3n) is 5.68. The lowest BCUT2D eigenvalue weighted by molar-refractivity contribution is -0.134. The van der Waals surface area contributed by atoms with Gasteiger partial charge < -0.3 is 10.2 Å². The molecule has 0 aliphatic carbocycles. The molecule has 13 heteroatoms. The molecule has 10 nitrogen and oxygen atoms in total. The first kappa shape index (κ1) is 21.2. The molecule has 1 aromatic carbocycles. The van der Waals surface area contributed by atoms with Gasteiger partial charge in [-0.15, -0.1) is 0 Å². The van der Waals surface area contributed by atoms with Gasteiger partial charge in [-0.2, -0.15) is 22.7 Å². The van der Waals surface area contributed by atoms with E-state index in [0.29, 0.717) is 16.9 Å². The number of amides is 2. The number of nitrogens with zero attached hydrogens (tertiary/aromatic N) is 5. The molecule has 1 atom stereocenters. The maximum absolute atomic E-state index is 12.8. The molecular weight excluding hydrogens is 458 g/mol. The van der Waals surface area contributed by atoms with E-state index in [9.17, 15) is 26.8 Å². The van der Waals surface area contributed by atoms with E-state index in [-0.39, 0.29) is 36.2 Å². The molecule has 0 radical (unpaired) electrons. The Labute approximate surface area is 186 Å². The van der Waals surface area contributed by atoms with Crippen molar-refractivity contribution in [1.29, 1.82) is 0 Å². The Balaban J connectivity index is 1.28. The van der Waals surface area contributed by atoms with E-state index in [0.717, 1.165) is 26.7 Å². The van der Waals surface area contributed by atoms with Crippen molar-refractivity contribution in [2.75, 3.05) is 5.32 Å². The molecule has 2 aliphatic rings. The van der Waals surface area contributed by atoms with Crippen molar-refractivity contribution in [1.82, 2.24) is 23.9 Å². The van der Waals surface area contributed by atoms with Crippen LogP contribution in [0.15, 0.2) is 47.8 Å². The molecule has 33 heavy (non-hydrogen) atoms. The minimum Gasteiger partial charge on any atom is -0.332 e. The van der Waals surface area contributed by atoms with E-state index in [1.165, 1.54) is 11.1 Å². The van der Waals surface area contributed by atoms with Crippen LogP contribution in [0.1, 0.15) is 29.2 Å². The summed E-state index contributed by atoms with van der Waals surface area (Å²) in [6, 6.07) is 7.20. The number of nitrogens with one attached hydrogen (secondary N) is 1. The molecule has 2 aromatic heterocycles. The zero-order valence-electron chi connectivity index (χ0n) is 17.1. The highest BCUT2D eigenvalue weighted by Gasteiger charge is 2.36. The number of hydrogen-bond acceptors (Lipinski definition) is 6. The van der Waals surface area contributed by atoms with E-state index < -0.39 is 28.9 Å². The van der Waals surface area contributed by atoms with Crippen LogP contribution in [0.25, 0.3) is 0 Å². The number of hydrogen-bond donors (Lipinski definition) is 1. The molecule has 0 fully saturated rings. The lowest BCUT2D eigenvalue weighted by Crippen LogP contribution is -2.29. The number of alkyl halides is 2. The monoisotopic (exact) mass is 476 g/mol. The van der Waals surface area contributed by atoms with Crippen molar-refractivity contribution < 1.29 is 26.8 Å². The first-order chi connectivity index (χ1) is 15.7. The fraction of sp³-hybridized carbons (Fsp3) is 0.300. The minimum atomic E-state index is -4.11. The van der Waals surface area contributed by atoms with Crippen LogP contribution in [0, 0.1) is 0 Å². The van der Waals surface area contributed by atoms with E-state index in [1.807, 2.05) is 12.1 Å². The summed E-state index contributed by atoms with van der Waals surface area (Å²) in [5.74, 6) is -1.05. The Bertz CT molecular complexity index is 1340. The topological polar surface area (TPSA) is 119 Å². The van der Waals surface area contributed by atoms with E-state index in [2.05, 4.69) is 15.5 Å². The molecule has 4 heterocycles. The van der Waals surface area contributed by atoms with Gasteiger partial charge >= 0.3 is 0 Å². The number of fused-ring (bicyclic) bond motifs is 2. The molecule has 0 saturated heterocycles. The van der Waals surface area contributed by atoms with Gasteiger partial charge in [0.25, 0.3) is 16.4 Å². The summed E-state index contributed by atoms with van der Waals surface area (Å²) in [7, 11) is -4.11. The molecule has 172 valence electrons. The molecule has 0 saturated carbocycles. The number of para-hydroxylation sites is 1. The first-order valence-corrected chi connectivity index (χ1v) is 11.5. The lowest BCUT2D eigenvalue weighted by atomic mass is 9.97. The zero-order valence-corrected chi connectivity index (χ0v) is 17.9. The van der Waals surface area contributed by atoms with Gasteiger partial charge in [-0.05, 0) is 11.6 Å². The van der Waals surface area contributed by atoms with Crippen molar-refractivity contribution in [2.45, 2.75) is 43.3 Å². The fourth-order valence-electron chi connectivity index (χ4n) is 4.04. The van der Waals surface area contributed by atoms with Gasteiger partial charge in [0.2, 0.25) is 11.8 Å². The number of anilines is 1. The molecule has 0 bridgehead atoms. The average molecular weight is 476 g/mol. The number of rotatable bonds is 6. The Morgan fingerprint density at radius 2 is 2.00 bits per heavy atom. The summed E-state index contributed by atoms with van der Waals surface area (Å²) in [5, 5.41) is 10.5. The smallest absolute Gasteiger partial charge is 0.286 e. The highest BCUT2D eigenvalue weighted by atomic mass is 32.2. The van der Waals surface area contributed by atoms with Crippen LogP contribution in [0.3, 0.4) is 0 Å². The summed E-state index contributed by atoms with van der Waals surface area (Å²) in [4.78, 5) is 26.4. The predicted molar refractivity (Wildman–Crippen MR) is 110 cm³/mol. The van der Waals surface area contributed by atoms with Crippen molar-refractivity contribution in [3.8, 4) is 0 Å². The zero-order chi connectivity index (χ0) is 23.3. The molecule has 1 unspecified atom stereocenters. The second-order valence-electron chi connectivity index (χ2n) is 7.85. The molecule has 2 amide bonds. The van der Waals surface area contributed by atoms with Crippen molar-refractivity contribution in [3.63, 3.8) is 0 Å². The van der Waals surface area contributed by atoms with Crippen LogP contribution in [-0.4, -0.2) is 50.5 Å². The van der Waals surface area contributed by atoms with Crippen LogP contribution >= 0.6 is 0 Å². The molecule has 1 N–H and O–H groups in total. The maximum atomic E-state index is 12.8. The Morgan fingerprint density at radius 1 is 1.21 bits per heavy atom. The summed E-state index contributed by atoms with van der Waals surface area (Å²) in [6.45, 7) is -0.451. The summed E-state index contributed by atoms with van der Waals surface area (Å²) < 4.78 is 52.2. The Morgan fingerprint density at radius 3 is 2.76 bits per heavy atom. The molecule has 5 rings (SSSR count). The van der Waals surface area contributed by atoms with E-state index in [1.54, 1.807) is 12.1 Å². The molecule has 2 aliphatic heterocycles. The van der Waals surface area contributed by atoms with Crippen LogP contribution in [0.4, 0.5) is 14.5 Å². The van der Waals surface area contributed by atoms with Crippen LogP contribution in [-0.2, 0) is 39.2 Å². The predicted octanol–water partition coefficient (Wildman–Crippen LogP) is 1.55. The molecule has 3 aromatic rings. The van der Waals surface area contributed by atoms with E-state index in [4.69, 9.17) is 0 Å². The van der Waals surface area contributed by atoms with Gasteiger partial charge in [-0.3, -0.25) is 14.3 Å². The number of halogens is 2. The normalized spacial score (nSPS) is 17.4. The van der Waals surface area contributed by atoms with Gasteiger partial charge in [-0.1, -0.05) is 18.2 Å². The average Bonchev–Trinajstić information content (AvgIpc) is 3.51. The first-order valence-electron chi connectivity index (χ1n) is 10.0. The van der Waals surface area contributed by atoms with Crippen molar-refractivity contribution in [3.05, 3.63) is 59.7 Å². The lowest BCUT2D eigenvalue weighted by Gasteiger charge is -2.18. The highest BCUT2D eigenvalue weighted by Crippen LogP contribution is 2.35. The summed E-state index contributed by atoms with van der Waals surface area (Å²) >= 11 is 0. The second-order valence-corrected chi connectivity index (χ2v) is 9.65. The molecule has 0 spiro atoms. The number of aromatic nitrogens is 4. The number of benzene rings is 1. The third-order valence-corrected chi connectivity index (χ3v) is 7.16. The quantitative estimate of drug-likeness (QED) is 0.577. The van der Waals surface area contributed by atoms with Gasteiger partial charge in [0.05, 0.1) is 24.4 Å². The fourth-order valence-corrected chi connectivity index (χ4v) is 5.16. The summed E-state index contributed by atoms with van der Waals surface area (Å²) in [6.07, 6.45) is 0.648. The second kappa shape index (κ2) is 7.76. The minimum absolute atomic E-state index is 0.00522. The van der Waals surface area contributed by atoms with Crippen LogP contribution in [0.5, 0.6) is 0 Å². The van der Waals surface area contributed by atoms with Gasteiger partial charge in [0.1, 0.15) is 11.4 Å². The summed E-state index contributed by atoms with van der Waals surface area (Å²) in [5.41, 5.74) is 2.45. The standard InChI is InChI=1S/C20H18F2N6O4S/c21-18(22)11-27-9-13(6-23-27)33(31,32)28-8-12-7-26(10-17(12)25-28)19(29)5-15-14-3-1-2-4-16(14)24-20(15)30/h1-4,6,8-9,15,18H,5,7,10-11H2,(H,24,30). The highest BCUT2D eigenvalue weighted by molar-refractivity contribution is 7.89. The van der Waals surface area contributed by atoms with Gasteiger partial charge in [-0.25, -0.2) is 8.78 Å². The SMILES string of the molecule is O=C1Nc2ccccc2C1CC(=O)N1Cc2cn(S(=O)(=O)c3cnn(CC(F)F)c3)nc2C1.